The van der Waals surface area contributed by atoms with Crippen molar-refractivity contribution in [3.05, 3.63) is 36.3 Å². The predicted octanol–water partition coefficient (Wildman–Crippen LogP) is 3.97. The Morgan fingerprint density at radius 2 is 2.07 bits per heavy atom. The van der Waals surface area contributed by atoms with Gasteiger partial charge >= 0.3 is 0 Å². The summed E-state index contributed by atoms with van der Waals surface area (Å²) in [5.74, 6) is -0.155. The third-order valence-electron chi connectivity index (χ3n) is 2.74. The molecule has 1 heterocycles. The molecule has 15 heavy (non-hydrogen) atoms. The number of aryl methyl sites for hydroxylation is 1. The van der Waals surface area contributed by atoms with Gasteiger partial charge in [0.15, 0.2) is 0 Å². The highest BCUT2D eigenvalue weighted by Gasteiger charge is 2.01. The summed E-state index contributed by atoms with van der Waals surface area (Å²) in [6.07, 6.45) is 5.65. The van der Waals surface area contributed by atoms with Crippen molar-refractivity contribution in [2.75, 3.05) is 0 Å². The van der Waals surface area contributed by atoms with Crippen molar-refractivity contribution in [2.24, 2.45) is 0 Å². The van der Waals surface area contributed by atoms with E-state index >= 15 is 0 Å². The van der Waals surface area contributed by atoms with Crippen LogP contribution in [0.4, 0.5) is 4.39 Å². The predicted molar refractivity (Wildman–Crippen MR) is 61.4 cm³/mol. The van der Waals surface area contributed by atoms with Gasteiger partial charge in [-0.2, -0.15) is 0 Å². The van der Waals surface area contributed by atoms with E-state index in [4.69, 9.17) is 0 Å². The monoisotopic (exact) mass is 205 g/mol. The fraction of sp³-hybridized carbons (Fsp3) is 0.385. The van der Waals surface area contributed by atoms with Gasteiger partial charge in [0.25, 0.3) is 0 Å². The molecule has 0 aliphatic heterocycles. The lowest BCUT2D eigenvalue weighted by molar-refractivity contribution is 0.610. The molecule has 0 radical (unpaired) electrons. The number of unbranched alkanes of at least 4 members (excludes halogenated alkanes) is 2. The van der Waals surface area contributed by atoms with Crippen molar-refractivity contribution >= 4 is 10.9 Å². The molecule has 0 bridgehead atoms. The zero-order valence-corrected chi connectivity index (χ0v) is 9.04. The lowest BCUT2D eigenvalue weighted by Gasteiger charge is -2.04. The Balaban J connectivity index is 2.23. The van der Waals surface area contributed by atoms with E-state index in [0.29, 0.717) is 0 Å². The van der Waals surface area contributed by atoms with Crippen LogP contribution in [0, 0.1) is 5.82 Å². The van der Waals surface area contributed by atoms with Crippen molar-refractivity contribution in [1.29, 1.82) is 0 Å². The second-order valence-electron chi connectivity index (χ2n) is 3.92. The Morgan fingerprint density at radius 3 is 2.87 bits per heavy atom. The molecule has 1 aromatic carbocycles. The molecule has 0 spiro atoms. The Bertz CT molecular complexity index is 445. The van der Waals surface area contributed by atoms with E-state index < -0.39 is 0 Å². The lowest BCUT2D eigenvalue weighted by atomic mass is 10.2. The van der Waals surface area contributed by atoms with Crippen molar-refractivity contribution in [3.63, 3.8) is 0 Å². The summed E-state index contributed by atoms with van der Waals surface area (Å²) in [4.78, 5) is 0. The van der Waals surface area contributed by atoms with Gasteiger partial charge in [-0.25, -0.2) is 4.39 Å². The van der Waals surface area contributed by atoms with Crippen molar-refractivity contribution in [1.82, 2.24) is 4.57 Å². The number of hydrogen-bond acceptors (Lipinski definition) is 0. The molecule has 2 aromatic rings. The van der Waals surface area contributed by atoms with Gasteiger partial charge in [-0.1, -0.05) is 19.8 Å². The highest BCUT2D eigenvalue weighted by molar-refractivity contribution is 5.80. The maximum Gasteiger partial charge on any atom is 0.125 e. The van der Waals surface area contributed by atoms with Crippen LogP contribution in [-0.4, -0.2) is 4.57 Å². The largest absolute Gasteiger partial charge is 0.347 e. The van der Waals surface area contributed by atoms with E-state index in [0.717, 1.165) is 23.9 Å². The van der Waals surface area contributed by atoms with Gasteiger partial charge in [0, 0.05) is 12.7 Å². The molecule has 80 valence electrons. The normalized spacial score (nSPS) is 11.1. The number of hydrogen-bond donors (Lipinski definition) is 0. The second kappa shape index (κ2) is 4.47. The average molecular weight is 205 g/mol. The number of halogens is 1. The molecule has 0 N–H and O–H groups in total. The molecule has 1 aromatic heterocycles. The van der Waals surface area contributed by atoms with Crippen LogP contribution >= 0.6 is 0 Å². The quantitative estimate of drug-likeness (QED) is 0.665. The molecule has 0 amide bonds. The van der Waals surface area contributed by atoms with E-state index in [-0.39, 0.29) is 5.82 Å². The van der Waals surface area contributed by atoms with Crippen LogP contribution in [-0.2, 0) is 6.54 Å². The van der Waals surface area contributed by atoms with E-state index in [1.807, 2.05) is 18.3 Å². The lowest BCUT2D eigenvalue weighted by Crippen LogP contribution is -1.95. The average Bonchev–Trinajstić information content (AvgIpc) is 2.62. The zero-order chi connectivity index (χ0) is 10.7. The fourth-order valence-corrected chi connectivity index (χ4v) is 1.88. The molecule has 2 heteroatoms. The molecule has 0 atom stereocenters. The number of nitrogens with zero attached hydrogens (tertiary/aromatic N) is 1. The smallest absolute Gasteiger partial charge is 0.125 e. The maximum atomic E-state index is 13.1. The minimum absolute atomic E-state index is 0.155. The minimum Gasteiger partial charge on any atom is -0.347 e. The highest BCUT2D eigenvalue weighted by Crippen LogP contribution is 2.17. The van der Waals surface area contributed by atoms with Crippen LogP contribution in [0.1, 0.15) is 26.2 Å². The summed E-state index contributed by atoms with van der Waals surface area (Å²) in [6.45, 7) is 3.17. The van der Waals surface area contributed by atoms with E-state index in [2.05, 4.69) is 11.5 Å². The standard InChI is InChI=1S/C13H16FN/c1-2-3-4-8-15-9-7-11-5-6-12(14)10-13(11)15/h5-7,9-10H,2-4,8H2,1H3. The zero-order valence-electron chi connectivity index (χ0n) is 9.04. The maximum absolute atomic E-state index is 13.1. The van der Waals surface area contributed by atoms with Gasteiger partial charge in [0.2, 0.25) is 0 Å². The molecule has 0 aliphatic carbocycles. The van der Waals surface area contributed by atoms with Crippen LogP contribution in [0.15, 0.2) is 30.5 Å². The first-order valence-electron chi connectivity index (χ1n) is 5.55. The highest BCUT2D eigenvalue weighted by atomic mass is 19.1. The number of rotatable bonds is 4. The van der Waals surface area contributed by atoms with Crippen LogP contribution < -0.4 is 0 Å². The molecule has 0 aliphatic rings. The van der Waals surface area contributed by atoms with Gasteiger partial charge in [-0.3, -0.25) is 0 Å². The van der Waals surface area contributed by atoms with Crippen molar-refractivity contribution < 1.29 is 4.39 Å². The first-order chi connectivity index (χ1) is 7.31. The Morgan fingerprint density at radius 1 is 1.20 bits per heavy atom. The summed E-state index contributed by atoms with van der Waals surface area (Å²) in [5.41, 5.74) is 1.01. The Kier molecular flexibility index (Phi) is 3.05. The van der Waals surface area contributed by atoms with Gasteiger partial charge < -0.3 is 4.57 Å². The molecule has 0 fully saturated rings. The summed E-state index contributed by atoms with van der Waals surface area (Å²) < 4.78 is 15.2. The summed E-state index contributed by atoms with van der Waals surface area (Å²) in [6, 6.07) is 7.00. The number of benzene rings is 1. The van der Waals surface area contributed by atoms with E-state index in [1.165, 1.54) is 18.9 Å². The van der Waals surface area contributed by atoms with Crippen LogP contribution in [0.5, 0.6) is 0 Å². The van der Waals surface area contributed by atoms with E-state index in [1.54, 1.807) is 6.07 Å². The molecular formula is C13H16FN. The first-order valence-corrected chi connectivity index (χ1v) is 5.55. The third-order valence-corrected chi connectivity index (χ3v) is 2.74. The third kappa shape index (κ3) is 2.20. The van der Waals surface area contributed by atoms with E-state index in [9.17, 15) is 4.39 Å². The van der Waals surface area contributed by atoms with Gasteiger partial charge in [0.1, 0.15) is 5.82 Å². The first kappa shape index (κ1) is 10.2. The van der Waals surface area contributed by atoms with Crippen molar-refractivity contribution in [2.45, 2.75) is 32.7 Å². The molecule has 2 rings (SSSR count). The number of fused-ring (bicyclic) bond motifs is 1. The molecule has 0 saturated carbocycles. The minimum atomic E-state index is -0.155. The number of aromatic nitrogens is 1. The fourth-order valence-electron chi connectivity index (χ4n) is 1.88. The molecule has 0 saturated heterocycles. The van der Waals surface area contributed by atoms with Crippen molar-refractivity contribution in [3.8, 4) is 0 Å². The molecule has 1 nitrogen and oxygen atoms in total. The van der Waals surface area contributed by atoms with Gasteiger partial charge in [-0.05, 0) is 36.1 Å². The van der Waals surface area contributed by atoms with Gasteiger partial charge in [0.05, 0.1) is 5.52 Å². The van der Waals surface area contributed by atoms with Gasteiger partial charge in [-0.15, -0.1) is 0 Å². The summed E-state index contributed by atoms with van der Waals surface area (Å²) in [5, 5.41) is 1.12. The van der Waals surface area contributed by atoms with Crippen LogP contribution in [0.3, 0.4) is 0 Å². The molecular weight excluding hydrogens is 189 g/mol. The second-order valence-corrected chi connectivity index (χ2v) is 3.92. The molecule has 0 unspecified atom stereocenters. The summed E-state index contributed by atoms with van der Waals surface area (Å²) in [7, 11) is 0. The topological polar surface area (TPSA) is 4.93 Å². The van der Waals surface area contributed by atoms with Crippen LogP contribution in [0.2, 0.25) is 0 Å². The SMILES string of the molecule is CCCCCn1ccc2ccc(F)cc21. The Labute approximate surface area is 89.5 Å². The Hall–Kier alpha value is -1.31. The van der Waals surface area contributed by atoms with Crippen LogP contribution in [0.25, 0.3) is 10.9 Å². The summed E-state index contributed by atoms with van der Waals surface area (Å²) >= 11 is 0.